The number of halogens is 1. The predicted molar refractivity (Wildman–Crippen MR) is 99.8 cm³/mol. The Morgan fingerprint density at radius 2 is 2.00 bits per heavy atom. The van der Waals surface area contributed by atoms with Crippen molar-refractivity contribution < 1.29 is 9.59 Å². The molecule has 2 heterocycles. The first-order chi connectivity index (χ1) is 12.4. The Labute approximate surface area is 156 Å². The zero-order valence-electron chi connectivity index (χ0n) is 14.6. The largest absolute Gasteiger partial charge is 0.368 e. The zero-order valence-corrected chi connectivity index (χ0v) is 15.4. The number of anilines is 1. The molecule has 1 atom stereocenters. The monoisotopic (exact) mass is 373 g/mol. The van der Waals surface area contributed by atoms with Crippen molar-refractivity contribution in [2.75, 3.05) is 18.8 Å². The summed E-state index contributed by atoms with van der Waals surface area (Å²) >= 11 is 6.28. The van der Waals surface area contributed by atoms with Gasteiger partial charge in [0.05, 0.1) is 16.4 Å². The highest BCUT2D eigenvalue weighted by Crippen LogP contribution is 2.28. The molecule has 0 saturated carbocycles. The third-order valence-corrected chi connectivity index (χ3v) is 4.86. The molecule has 136 valence electrons. The molecular formula is C18H20ClN5O2. The van der Waals surface area contributed by atoms with E-state index < -0.39 is 0 Å². The number of nitrogens with zero attached hydrogens (tertiary/aromatic N) is 3. The Balaban J connectivity index is 1.86. The van der Waals surface area contributed by atoms with Gasteiger partial charge in [-0.05, 0) is 26.0 Å². The van der Waals surface area contributed by atoms with Crippen molar-refractivity contribution in [1.82, 2.24) is 20.2 Å². The van der Waals surface area contributed by atoms with Crippen molar-refractivity contribution >= 4 is 29.4 Å². The molecule has 1 fully saturated rings. The lowest BCUT2D eigenvalue weighted by Crippen LogP contribution is -2.41. The lowest BCUT2D eigenvalue weighted by molar-refractivity contribution is -0.120. The van der Waals surface area contributed by atoms with Crippen molar-refractivity contribution in [3.8, 4) is 11.3 Å². The predicted octanol–water partition coefficient (Wildman–Crippen LogP) is 2.04. The number of amides is 2. The number of aryl methyl sites for hydroxylation is 1. The fourth-order valence-corrected chi connectivity index (χ4v) is 3.11. The summed E-state index contributed by atoms with van der Waals surface area (Å²) in [7, 11) is 0. The minimum atomic E-state index is -0.106. The first-order valence-corrected chi connectivity index (χ1v) is 8.72. The fourth-order valence-electron chi connectivity index (χ4n) is 2.91. The minimum absolute atomic E-state index is 0.0335. The first kappa shape index (κ1) is 18.1. The molecule has 1 aromatic carbocycles. The van der Waals surface area contributed by atoms with Gasteiger partial charge < -0.3 is 16.0 Å². The molecule has 3 N–H and O–H groups in total. The van der Waals surface area contributed by atoms with E-state index in [2.05, 4.69) is 15.3 Å². The molecule has 1 aromatic heterocycles. The average Bonchev–Trinajstić information content (AvgIpc) is 2.79. The van der Waals surface area contributed by atoms with Crippen LogP contribution in [0.25, 0.3) is 11.3 Å². The number of nitrogens with one attached hydrogen (secondary N) is 1. The smallest absolute Gasteiger partial charge is 0.254 e. The molecular weight excluding hydrogens is 354 g/mol. The van der Waals surface area contributed by atoms with Crippen LogP contribution in [0.1, 0.15) is 29.4 Å². The summed E-state index contributed by atoms with van der Waals surface area (Å²) in [6.07, 6.45) is 0.309. The number of rotatable bonds is 2. The maximum absolute atomic E-state index is 12.8. The maximum atomic E-state index is 12.8. The molecule has 2 aromatic rings. The highest BCUT2D eigenvalue weighted by Gasteiger charge is 2.25. The molecule has 7 nitrogen and oxygen atoms in total. The number of carbonyl (C=O) groups excluding carboxylic acids is 2. The summed E-state index contributed by atoms with van der Waals surface area (Å²) in [6, 6.07) is 6.97. The summed E-state index contributed by atoms with van der Waals surface area (Å²) in [4.78, 5) is 34.3. The molecule has 1 aliphatic heterocycles. The lowest BCUT2D eigenvalue weighted by atomic mass is 10.1. The average molecular weight is 374 g/mol. The van der Waals surface area contributed by atoms with Gasteiger partial charge in [-0.15, -0.1) is 0 Å². The van der Waals surface area contributed by atoms with Gasteiger partial charge in [-0.2, -0.15) is 0 Å². The molecule has 0 aliphatic carbocycles. The Hall–Kier alpha value is -2.67. The van der Waals surface area contributed by atoms with Gasteiger partial charge in [0.25, 0.3) is 5.91 Å². The minimum Gasteiger partial charge on any atom is -0.368 e. The number of aromatic nitrogens is 2. The van der Waals surface area contributed by atoms with Crippen LogP contribution >= 0.6 is 11.6 Å². The van der Waals surface area contributed by atoms with Crippen molar-refractivity contribution in [2.24, 2.45) is 0 Å². The van der Waals surface area contributed by atoms with Crippen LogP contribution in [0.2, 0.25) is 5.02 Å². The summed E-state index contributed by atoms with van der Waals surface area (Å²) in [5.74, 6) is 0.0106. The van der Waals surface area contributed by atoms with Gasteiger partial charge in [0, 0.05) is 36.7 Å². The Bertz CT molecular complexity index is 853. The number of hydrogen-bond acceptors (Lipinski definition) is 5. The number of hydrogen-bond donors (Lipinski definition) is 2. The van der Waals surface area contributed by atoms with Gasteiger partial charge in [-0.3, -0.25) is 9.59 Å². The van der Waals surface area contributed by atoms with E-state index in [-0.39, 0.29) is 23.8 Å². The number of carbonyl (C=O) groups is 2. The van der Waals surface area contributed by atoms with Gasteiger partial charge in [-0.25, -0.2) is 9.97 Å². The van der Waals surface area contributed by atoms with Crippen LogP contribution in [0.5, 0.6) is 0 Å². The van der Waals surface area contributed by atoms with E-state index in [1.165, 1.54) is 0 Å². The van der Waals surface area contributed by atoms with Crippen LogP contribution < -0.4 is 11.1 Å². The molecule has 0 bridgehead atoms. The fraction of sp³-hybridized carbons (Fsp3) is 0.333. The van der Waals surface area contributed by atoms with Crippen LogP contribution in [0.3, 0.4) is 0 Å². The topological polar surface area (TPSA) is 101 Å². The molecule has 2 amide bonds. The second-order valence-corrected chi connectivity index (χ2v) is 6.69. The van der Waals surface area contributed by atoms with Crippen molar-refractivity contribution in [3.63, 3.8) is 0 Å². The van der Waals surface area contributed by atoms with Gasteiger partial charge in [-0.1, -0.05) is 23.7 Å². The summed E-state index contributed by atoms with van der Waals surface area (Å²) < 4.78 is 0. The van der Waals surface area contributed by atoms with Crippen LogP contribution in [0.15, 0.2) is 24.3 Å². The summed E-state index contributed by atoms with van der Waals surface area (Å²) in [6.45, 7) is 4.54. The second-order valence-electron chi connectivity index (χ2n) is 6.31. The van der Waals surface area contributed by atoms with Gasteiger partial charge >= 0.3 is 0 Å². The lowest BCUT2D eigenvalue weighted by Gasteiger charge is -2.26. The summed E-state index contributed by atoms with van der Waals surface area (Å²) in [5, 5.41) is 3.24. The van der Waals surface area contributed by atoms with Crippen molar-refractivity contribution in [2.45, 2.75) is 26.3 Å². The second kappa shape index (κ2) is 7.29. The Kier molecular flexibility index (Phi) is 5.08. The van der Waals surface area contributed by atoms with Gasteiger partial charge in [0.15, 0.2) is 0 Å². The third kappa shape index (κ3) is 3.62. The normalized spacial score (nSPS) is 17.6. The number of nitrogen functional groups attached to an aromatic ring is 1. The van der Waals surface area contributed by atoms with Gasteiger partial charge in [0.1, 0.15) is 0 Å². The van der Waals surface area contributed by atoms with E-state index in [1.54, 1.807) is 36.1 Å². The molecule has 26 heavy (non-hydrogen) atoms. The highest BCUT2D eigenvalue weighted by atomic mass is 35.5. The molecule has 1 saturated heterocycles. The zero-order chi connectivity index (χ0) is 18.8. The molecule has 0 spiro atoms. The Morgan fingerprint density at radius 3 is 2.69 bits per heavy atom. The SMILES string of the molecule is Cc1nc(N)nc(-c2ccc(C(=O)N3CCC(=O)NC[C@@H]3C)cc2)c1Cl. The van der Waals surface area contributed by atoms with E-state index in [1.807, 2.05) is 6.92 Å². The van der Waals surface area contributed by atoms with Crippen molar-refractivity contribution in [1.29, 1.82) is 0 Å². The summed E-state index contributed by atoms with van der Waals surface area (Å²) in [5.41, 5.74) is 8.15. The Morgan fingerprint density at radius 1 is 1.31 bits per heavy atom. The standard InChI is InChI=1S/C18H20ClN5O2/c1-10-9-21-14(25)7-8-24(10)17(26)13-5-3-12(4-6-13)16-15(19)11(2)22-18(20)23-16/h3-6,10H,7-9H2,1-2H3,(H,21,25)(H2,20,22,23)/t10-/m0/s1. The van der Waals surface area contributed by atoms with Crippen LogP contribution in [-0.4, -0.2) is 45.8 Å². The van der Waals surface area contributed by atoms with Gasteiger partial charge in [0.2, 0.25) is 11.9 Å². The van der Waals surface area contributed by atoms with E-state index in [9.17, 15) is 9.59 Å². The molecule has 0 unspecified atom stereocenters. The van der Waals surface area contributed by atoms with E-state index in [0.717, 1.165) is 5.56 Å². The molecule has 0 radical (unpaired) electrons. The van der Waals surface area contributed by atoms with Crippen LogP contribution in [0, 0.1) is 6.92 Å². The molecule has 8 heteroatoms. The third-order valence-electron chi connectivity index (χ3n) is 4.41. The van der Waals surface area contributed by atoms with E-state index in [4.69, 9.17) is 17.3 Å². The first-order valence-electron chi connectivity index (χ1n) is 8.34. The van der Waals surface area contributed by atoms with E-state index >= 15 is 0 Å². The number of benzene rings is 1. The highest BCUT2D eigenvalue weighted by molar-refractivity contribution is 6.33. The maximum Gasteiger partial charge on any atom is 0.254 e. The van der Waals surface area contributed by atoms with Crippen molar-refractivity contribution in [3.05, 3.63) is 40.5 Å². The quantitative estimate of drug-likeness (QED) is 0.838. The molecule has 1 aliphatic rings. The van der Waals surface area contributed by atoms with E-state index in [0.29, 0.717) is 41.5 Å². The van der Waals surface area contributed by atoms with Crippen LogP contribution in [-0.2, 0) is 4.79 Å². The number of nitrogens with two attached hydrogens (primary N) is 1. The molecule has 3 rings (SSSR count). The van der Waals surface area contributed by atoms with Crippen LogP contribution in [0.4, 0.5) is 5.95 Å².